The van der Waals surface area contributed by atoms with Crippen molar-refractivity contribution in [2.45, 2.75) is 91.9 Å². The van der Waals surface area contributed by atoms with E-state index in [1.165, 1.54) is 36.4 Å². The third-order valence-corrected chi connectivity index (χ3v) is 15.9. The summed E-state index contributed by atoms with van der Waals surface area (Å²) in [5.41, 5.74) is -0.771. The van der Waals surface area contributed by atoms with E-state index in [0.717, 1.165) is 0 Å². The van der Waals surface area contributed by atoms with Gasteiger partial charge in [-0.15, -0.1) is 5.06 Å². The molecule has 2 aromatic carbocycles. The molecule has 3 aliphatic heterocycles. The smallest absolute Gasteiger partial charge is 0.335 e. The SMILES string of the molecule is CC1(CCCS(=O)(=O)O)\C(=C/C=C/C=C/C=C/C2(C)N(CCO)c3ccc(S(=O)(=O)O)cc3C2(C)CCCS(=O)(=O)O)N(CCOCCC(=O)ON2C(=O)CCC2=O)c2ccc(S(=O)(=O)O)cc21. The maximum atomic E-state index is 12.3. The van der Waals surface area contributed by atoms with Gasteiger partial charge in [-0.2, -0.15) is 33.7 Å². The fourth-order valence-corrected chi connectivity index (χ4v) is 11.0. The Morgan fingerprint density at radius 3 is 1.82 bits per heavy atom. The van der Waals surface area contributed by atoms with Gasteiger partial charge in [0.1, 0.15) is 0 Å². The second kappa shape index (κ2) is 21.0. The van der Waals surface area contributed by atoms with E-state index >= 15 is 0 Å². The van der Waals surface area contributed by atoms with Crippen LogP contribution in [0.25, 0.3) is 0 Å². The number of ether oxygens (including phenoxy) is 1. The van der Waals surface area contributed by atoms with Crippen molar-refractivity contribution in [3.05, 3.63) is 95.8 Å². The van der Waals surface area contributed by atoms with Gasteiger partial charge in [0.15, 0.2) is 0 Å². The van der Waals surface area contributed by atoms with E-state index in [1.807, 2.05) is 11.8 Å². The highest BCUT2D eigenvalue weighted by atomic mass is 32.2. The number of anilines is 2. The summed E-state index contributed by atoms with van der Waals surface area (Å²) >= 11 is 0. The van der Waals surface area contributed by atoms with Crippen molar-refractivity contribution in [3.8, 4) is 0 Å². The zero-order chi connectivity index (χ0) is 50.5. The molecule has 25 heteroatoms. The van der Waals surface area contributed by atoms with Crippen molar-refractivity contribution in [2.24, 2.45) is 0 Å². The highest BCUT2D eigenvalue weighted by Gasteiger charge is 2.55. The number of carbonyl (C=O) groups excluding carboxylic acids is 3. The lowest BCUT2D eigenvalue weighted by molar-refractivity contribution is -0.198. The predicted octanol–water partition coefficient (Wildman–Crippen LogP) is 3.69. The summed E-state index contributed by atoms with van der Waals surface area (Å²) < 4.78 is 141. The van der Waals surface area contributed by atoms with Gasteiger partial charge in [-0.25, -0.2) is 4.79 Å². The molecule has 1 saturated heterocycles. The number of allylic oxidation sites excluding steroid dienone is 7. The van der Waals surface area contributed by atoms with Crippen LogP contribution in [0.15, 0.2) is 94.4 Å². The molecule has 3 unspecified atom stereocenters. The minimum Gasteiger partial charge on any atom is -0.395 e. The van der Waals surface area contributed by atoms with Crippen LogP contribution in [-0.2, 0) is 75.3 Å². The molecule has 5 N–H and O–H groups in total. The van der Waals surface area contributed by atoms with E-state index in [0.29, 0.717) is 33.3 Å². The summed E-state index contributed by atoms with van der Waals surface area (Å²) in [7, 11) is -18.1. The summed E-state index contributed by atoms with van der Waals surface area (Å²) in [6.07, 6.45) is 11.5. The highest BCUT2D eigenvalue weighted by Crippen LogP contribution is 2.55. The molecule has 3 atom stereocenters. The van der Waals surface area contributed by atoms with Crippen molar-refractivity contribution >= 4 is 69.6 Å². The molecule has 3 heterocycles. The Hall–Kier alpha value is -4.83. The first kappa shape index (κ1) is 54.1. The van der Waals surface area contributed by atoms with Gasteiger partial charge in [0, 0.05) is 53.8 Å². The first-order chi connectivity index (χ1) is 31.6. The van der Waals surface area contributed by atoms with Gasteiger partial charge in [-0.3, -0.25) is 27.8 Å². The normalized spacial score (nSPS) is 23.0. The Bertz CT molecular complexity index is 2850. The molecule has 0 spiro atoms. The van der Waals surface area contributed by atoms with E-state index < -0.39 is 91.0 Å². The number of fused-ring (bicyclic) bond motifs is 2. The zero-order valence-corrected chi connectivity index (χ0v) is 40.7. The average Bonchev–Trinajstić information content (AvgIpc) is 3.73. The van der Waals surface area contributed by atoms with E-state index in [1.54, 1.807) is 61.3 Å². The molecule has 2 aromatic rings. The van der Waals surface area contributed by atoms with E-state index in [-0.39, 0.29) is 82.8 Å². The van der Waals surface area contributed by atoms with Crippen LogP contribution in [-0.4, -0.2) is 130 Å². The fourth-order valence-electron chi connectivity index (χ4n) is 9.00. The van der Waals surface area contributed by atoms with Crippen molar-refractivity contribution in [2.75, 3.05) is 54.2 Å². The lowest BCUT2D eigenvalue weighted by Gasteiger charge is -2.45. The second-order valence-electron chi connectivity index (χ2n) is 17.0. The molecular weight excluding hydrogens is 975 g/mol. The second-order valence-corrected chi connectivity index (χ2v) is 23.0. The fraction of sp³-hybridized carbons (Fsp3) is 0.465. The number of nitrogens with zero attached hydrogens (tertiary/aromatic N) is 3. The molecule has 2 amide bonds. The molecule has 0 radical (unpaired) electrons. The predicted molar refractivity (Wildman–Crippen MR) is 247 cm³/mol. The Balaban J connectivity index is 1.45. The number of hydroxylamine groups is 2. The molecule has 5 rings (SSSR count). The summed E-state index contributed by atoms with van der Waals surface area (Å²) in [6, 6.07) is 7.98. The first-order valence-corrected chi connectivity index (χ1v) is 27.3. The Kier molecular flexibility index (Phi) is 16.7. The van der Waals surface area contributed by atoms with Gasteiger partial charge < -0.3 is 24.5 Å². The largest absolute Gasteiger partial charge is 0.395 e. The number of amides is 2. The van der Waals surface area contributed by atoms with Gasteiger partial charge in [0.05, 0.1) is 53.1 Å². The average molecular weight is 1030 g/mol. The molecule has 0 aliphatic carbocycles. The van der Waals surface area contributed by atoms with Crippen LogP contribution in [0.3, 0.4) is 0 Å². The highest BCUT2D eigenvalue weighted by molar-refractivity contribution is 7.86. The third kappa shape index (κ3) is 12.5. The van der Waals surface area contributed by atoms with Crippen LogP contribution in [0.2, 0.25) is 0 Å². The van der Waals surface area contributed by atoms with Crippen LogP contribution in [0.4, 0.5) is 11.4 Å². The molecule has 374 valence electrons. The number of hydrogen-bond acceptors (Lipinski definition) is 16. The van der Waals surface area contributed by atoms with E-state index in [4.69, 9.17) is 9.57 Å². The standard InChI is InChI=1S/C43H55N3O18S4/c1-41(19-9-27-65(51,52)53)33-29-31(67(57,58)59)12-14-35(33)44(23-26-63-25-18-40(50)64-46-38(48)16-17-39(46)49)37(41)11-7-5-4-6-8-21-43(3)42(2,20-10-28-66(54,55)56)34-30-32(68(60,61)62)13-15-36(34)45(43)22-24-47/h4-8,11-15,21,29-30,47H,9-10,16-20,22-28H2,1-3H3,(H,51,52,53)(H,54,55,56)(H,57,58,59)(H,60,61,62)/b6-4+,7-5+,21-8+,37-11+. The molecule has 1 fully saturated rings. The lowest BCUT2D eigenvalue weighted by atomic mass is 9.67. The summed E-state index contributed by atoms with van der Waals surface area (Å²) in [4.78, 5) is 43.7. The van der Waals surface area contributed by atoms with Crippen LogP contribution in [0.1, 0.15) is 76.8 Å². The number of β-amino-alcohol motifs (C(OH)–C–C–N with tert-alkyl or cyclic N) is 1. The Morgan fingerprint density at radius 1 is 0.706 bits per heavy atom. The van der Waals surface area contributed by atoms with Gasteiger partial charge >= 0.3 is 5.97 Å². The van der Waals surface area contributed by atoms with Crippen LogP contribution in [0.5, 0.6) is 0 Å². The number of benzene rings is 2. The van der Waals surface area contributed by atoms with E-state index in [9.17, 15) is 71.4 Å². The maximum Gasteiger partial charge on any atom is 0.335 e. The monoisotopic (exact) mass is 1030 g/mol. The van der Waals surface area contributed by atoms with Gasteiger partial charge in [0.2, 0.25) is 0 Å². The molecule has 68 heavy (non-hydrogen) atoms. The molecule has 3 aliphatic rings. The molecule has 0 bridgehead atoms. The molecule has 21 nitrogen and oxygen atoms in total. The third-order valence-electron chi connectivity index (χ3n) is 12.5. The van der Waals surface area contributed by atoms with Crippen LogP contribution < -0.4 is 9.80 Å². The van der Waals surface area contributed by atoms with Crippen LogP contribution in [0, 0.1) is 0 Å². The minimum absolute atomic E-state index is 0.0206. The van der Waals surface area contributed by atoms with E-state index in [2.05, 4.69) is 0 Å². The number of aliphatic hydroxyl groups excluding tert-OH is 1. The number of carbonyl (C=O) groups is 3. The number of imide groups is 1. The molecule has 0 aromatic heterocycles. The summed E-state index contributed by atoms with van der Waals surface area (Å²) in [5, 5.41) is 10.5. The van der Waals surface area contributed by atoms with Crippen molar-refractivity contribution < 1.29 is 80.9 Å². The van der Waals surface area contributed by atoms with Gasteiger partial charge in [0.25, 0.3) is 52.3 Å². The lowest BCUT2D eigenvalue weighted by Crippen LogP contribution is -2.54. The number of hydrogen-bond donors (Lipinski definition) is 5. The van der Waals surface area contributed by atoms with Crippen molar-refractivity contribution in [1.82, 2.24) is 5.06 Å². The minimum atomic E-state index is -4.69. The van der Waals surface area contributed by atoms with Crippen molar-refractivity contribution in [1.29, 1.82) is 0 Å². The number of rotatable bonds is 23. The maximum absolute atomic E-state index is 12.3. The summed E-state index contributed by atoms with van der Waals surface area (Å²) in [6.45, 7) is 5.03. The van der Waals surface area contributed by atoms with Gasteiger partial charge in [-0.1, -0.05) is 43.4 Å². The Morgan fingerprint density at radius 2 is 1.25 bits per heavy atom. The Labute approximate surface area is 395 Å². The van der Waals surface area contributed by atoms with Crippen LogP contribution >= 0.6 is 0 Å². The van der Waals surface area contributed by atoms with Gasteiger partial charge in [-0.05, 0) is 93.1 Å². The summed E-state index contributed by atoms with van der Waals surface area (Å²) in [5.74, 6) is -3.33. The number of aliphatic hydroxyl groups is 1. The molecule has 0 saturated carbocycles. The topological polar surface area (TPSA) is 317 Å². The quantitative estimate of drug-likeness (QED) is 0.0459. The van der Waals surface area contributed by atoms with Crippen molar-refractivity contribution in [3.63, 3.8) is 0 Å². The zero-order valence-electron chi connectivity index (χ0n) is 37.4. The first-order valence-electron chi connectivity index (χ1n) is 21.2. The molecular formula is C43H55N3O18S4.